The molecule has 0 bridgehead atoms. The number of rotatable bonds is 7. The third-order valence-electron chi connectivity index (χ3n) is 4.24. The van der Waals surface area contributed by atoms with E-state index in [-0.39, 0.29) is 11.9 Å². The van der Waals surface area contributed by atoms with Crippen LogP contribution >= 0.6 is 0 Å². The van der Waals surface area contributed by atoms with Crippen molar-refractivity contribution in [3.8, 4) is 0 Å². The Bertz CT molecular complexity index is 703. The number of aryl methyl sites for hydroxylation is 2. The second-order valence-electron chi connectivity index (χ2n) is 7.35. The lowest BCUT2D eigenvalue weighted by Gasteiger charge is -2.17. The van der Waals surface area contributed by atoms with Gasteiger partial charge in [0.1, 0.15) is 0 Å². The Labute approximate surface area is 150 Å². The van der Waals surface area contributed by atoms with E-state index in [1.165, 1.54) is 0 Å². The molecule has 1 aromatic heterocycles. The minimum Gasteiger partial charge on any atom is -0.390 e. The van der Waals surface area contributed by atoms with Crippen molar-refractivity contribution in [3.05, 3.63) is 65.0 Å². The van der Waals surface area contributed by atoms with Crippen LogP contribution in [0.4, 0.5) is 0 Å². The number of carbonyl (C=O) groups is 1. The lowest BCUT2D eigenvalue weighted by Crippen LogP contribution is -2.34. The standard InChI is InChI=1S/C21H28N2O2/c1-15-6-5-13-22-19(15)14-16(2)23-20(24)18-9-7-17(8-10-18)11-12-21(3,4)25/h5-10,13,16,25H,11-12,14H2,1-4H3,(H,23,24)/t16-/m0/s1. The minimum absolute atomic E-state index is 0.0102. The first-order chi connectivity index (χ1) is 11.7. The number of hydrogen-bond donors (Lipinski definition) is 2. The second-order valence-corrected chi connectivity index (χ2v) is 7.35. The summed E-state index contributed by atoms with van der Waals surface area (Å²) in [7, 11) is 0. The molecule has 1 amide bonds. The quantitative estimate of drug-likeness (QED) is 0.811. The largest absolute Gasteiger partial charge is 0.390 e. The minimum atomic E-state index is -0.672. The highest BCUT2D eigenvalue weighted by Crippen LogP contribution is 2.14. The Morgan fingerprint density at radius 3 is 2.52 bits per heavy atom. The molecule has 2 aromatic rings. The maximum atomic E-state index is 12.4. The fraction of sp³-hybridized carbons (Fsp3) is 0.429. The number of aromatic nitrogens is 1. The molecule has 4 nitrogen and oxygen atoms in total. The van der Waals surface area contributed by atoms with Crippen molar-refractivity contribution in [1.82, 2.24) is 10.3 Å². The van der Waals surface area contributed by atoms with Crippen LogP contribution in [0.3, 0.4) is 0 Å². The molecular weight excluding hydrogens is 312 g/mol. The number of pyridine rings is 1. The molecule has 0 fully saturated rings. The van der Waals surface area contributed by atoms with Crippen molar-refractivity contribution in [1.29, 1.82) is 0 Å². The van der Waals surface area contributed by atoms with Crippen molar-refractivity contribution in [2.24, 2.45) is 0 Å². The fourth-order valence-corrected chi connectivity index (χ4v) is 2.65. The summed E-state index contributed by atoms with van der Waals surface area (Å²) in [5, 5.41) is 12.8. The molecule has 2 rings (SSSR count). The van der Waals surface area contributed by atoms with Gasteiger partial charge < -0.3 is 10.4 Å². The highest BCUT2D eigenvalue weighted by atomic mass is 16.3. The van der Waals surface area contributed by atoms with Crippen molar-refractivity contribution in [3.63, 3.8) is 0 Å². The normalized spacial score (nSPS) is 12.7. The lowest BCUT2D eigenvalue weighted by atomic mass is 9.98. The summed E-state index contributed by atoms with van der Waals surface area (Å²) < 4.78 is 0. The predicted molar refractivity (Wildman–Crippen MR) is 101 cm³/mol. The first-order valence-electron chi connectivity index (χ1n) is 8.77. The van der Waals surface area contributed by atoms with Gasteiger partial charge in [-0.25, -0.2) is 0 Å². The Morgan fingerprint density at radius 2 is 1.92 bits per heavy atom. The average Bonchev–Trinajstić information content (AvgIpc) is 2.55. The molecule has 25 heavy (non-hydrogen) atoms. The molecule has 1 atom stereocenters. The fourth-order valence-electron chi connectivity index (χ4n) is 2.65. The summed E-state index contributed by atoms with van der Waals surface area (Å²) in [6, 6.07) is 11.5. The van der Waals surface area contributed by atoms with E-state index in [9.17, 15) is 9.90 Å². The van der Waals surface area contributed by atoms with Crippen LogP contribution in [0.25, 0.3) is 0 Å². The number of hydrogen-bond acceptors (Lipinski definition) is 3. The molecule has 1 heterocycles. The van der Waals surface area contributed by atoms with E-state index >= 15 is 0 Å². The van der Waals surface area contributed by atoms with Crippen LogP contribution in [0, 0.1) is 6.92 Å². The molecule has 0 saturated heterocycles. The van der Waals surface area contributed by atoms with Gasteiger partial charge in [-0.05, 0) is 69.9 Å². The molecule has 2 N–H and O–H groups in total. The average molecular weight is 340 g/mol. The first-order valence-corrected chi connectivity index (χ1v) is 8.77. The highest BCUT2D eigenvalue weighted by Gasteiger charge is 2.14. The monoisotopic (exact) mass is 340 g/mol. The van der Waals surface area contributed by atoms with Crippen LogP contribution in [0.5, 0.6) is 0 Å². The van der Waals surface area contributed by atoms with Gasteiger partial charge in [0.05, 0.1) is 5.60 Å². The van der Waals surface area contributed by atoms with Crippen LogP contribution in [-0.2, 0) is 12.8 Å². The number of amides is 1. The number of aliphatic hydroxyl groups is 1. The smallest absolute Gasteiger partial charge is 0.251 e. The summed E-state index contributed by atoms with van der Waals surface area (Å²) in [5.41, 5.74) is 3.25. The summed E-state index contributed by atoms with van der Waals surface area (Å²) in [6.45, 7) is 7.63. The van der Waals surface area contributed by atoms with Gasteiger partial charge in [-0.3, -0.25) is 9.78 Å². The SMILES string of the molecule is Cc1cccnc1C[C@H](C)NC(=O)c1ccc(CCC(C)(C)O)cc1. The Balaban J connectivity index is 1.91. The number of benzene rings is 1. The molecule has 134 valence electrons. The topological polar surface area (TPSA) is 62.2 Å². The van der Waals surface area contributed by atoms with Crippen LogP contribution in [0.1, 0.15) is 54.4 Å². The Morgan fingerprint density at radius 1 is 1.24 bits per heavy atom. The van der Waals surface area contributed by atoms with E-state index in [4.69, 9.17) is 0 Å². The molecule has 0 radical (unpaired) electrons. The summed E-state index contributed by atoms with van der Waals surface area (Å²) in [4.78, 5) is 16.8. The second kappa shape index (κ2) is 8.26. The van der Waals surface area contributed by atoms with Gasteiger partial charge >= 0.3 is 0 Å². The van der Waals surface area contributed by atoms with Crippen LogP contribution in [0.15, 0.2) is 42.6 Å². The van der Waals surface area contributed by atoms with E-state index in [1.54, 1.807) is 20.0 Å². The third kappa shape index (κ3) is 6.31. The number of carbonyl (C=O) groups excluding carboxylic acids is 1. The highest BCUT2D eigenvalue weighted by molar-refractivity contribution is 5.94. The van der Waals surface area contributed by atoms with E-state index < -0.39 is 5.60 Å². The maximum Gasteiger partial charge on any atom is 0.251 e. The molecule has 1 aromatic carbocycles. The van der Waals surface area contributed by atoms with Crippen molar-refractivity contribution >= 4 is 5.91 Å². The van der Waals surface area contributed by atoms with Crippen molar-refractivity contribution in [2.45, 2.75) is 58.6 Å². The van der Waals surface area contributed by atoms with E-state index in [0.29, 0.717) is 18.4 Å². The number of nitrogens with zero attached hydrogens (tertiary/aromatic N) is 1. The van der Waals surface area contributed by atoms with Crippen LogP contribution < -0.4 is 5.32 Å². The molecule has 0 aliphatic heterocycles. The summed E-state index contributed by atoms with van der Waals surface area (Å²) in [6.07, 6.45) is 3.98. The van der Waals surface area contributed by atoms with Gasteiger partial charge in [-0.1, -0.05) is 18.2 Å². The summed E-state index contributed by atoms with van der Waals surface area (Å²) in [5.74, 6) is -0.0740. The van der Waals surface area contributed by atoms with Gasteiger partial charge in [0.2, 0.25) is 0 Å². The van der Waals surface area contributed by atoms with Gasteiger partial charge in [0, 0.05) is 29.9 Å². The summed E-state index contributed by atoms with van der Waals surface area (Å²) >= 11 is 0. The molecule has 0 saturated carbocycles. The number of nitrogens with one attached hydrogen (secondary N) is 1. The van der Waals surface area contributed by atoms with Crippen molar-refractivity contribution in [2.75, 3.05) is 0 Å². The first kappa shape index (κ1) is 19.1. The van der Waals surface area contributed by atoms with Gasteiger partial charge in [-0.15, -0.1) is 0 Å². The zero-order valence-corrected chi connectivity index (χ0v) is 15.5. The van der Waals surface area contributed by atoms with Gasteiger partial charge in [0.15, 0.2) is 0 Å². The van der Waals surface area contributed by atoms with Crippen LogP contribution in [-0.4, -0.2) is 27.6 Å². The van der Waals surface area contributed by atoms with E-state index in [2.05, 4.69) is 10.3 Å². The Kier molecular flexibility index (Phi) is 6.32. The van der Waals surface area contributed by atoms with Gasteiger partial charge in [-0.2, -0.15) is 0 Å². The van der Waals surface area contributed by atoms with E-state index in [1.807, 2.05) is 50.2 Å². The van der Waals surface area contributed by atoms with Crippen molar-refractivity contribution < 1.29 is 9.90 Å². The van der Waals surface area contributed by atoms with Crippen LogP contribution in [0.2, 0.25) is 0 Å². The molecule has 0 aliphatic rings. The maximum absolute atomic E-state index is 12.4. The predicted octanol–water partition coefficient (Wildman–Crippen LogP) is 3.45. The Hall–Kier alpha value is -2.20. The molecule has 0 unspecified atom stereocenters. The zero-order valence-electron chi connectivity index (χ0n) is 15.5. The zero-order chi connectivity index (χ0) is 18.4. The van der Waals surface area contributed by atoms with Gasteiger partial charge in [0.25, 0.3) is 5.91 Å². The molecule has 4 heteroatoms. The molecule has 0 aliphatic carbocycles. The third-order valence-corrected chi connectivity index (χ3v) is 4.24. The lowest BCUT2D eigenvalue weighted by molar-refractivity contribution is 0.0713. The van der Waals surface area contributed by atoms with E-state index in [0.717, 1.165) is 23.2 Å². The molecular formula is C21H28N2O2. The molecule has 0 spiro atoms.